The van der Waals surface area contributed by atoms with Gasteiger partial charge >= 0.3 is 0 Å². The molecule has 1 aromatic carbocycles. The lowest BCUT2D eigenvalue weighted by atomic mass is 10.0. The number of aromatic amines is 1. The maximum atomic E-state index is 11.7. The van der Waals surface area contributed by atoms with E-state index in [-0.39, 0.29) is 11.5 Å². The molecule has 0 aliphatic carbocycles. The highest BCUT2D eigenvalue weighted by Crippen LogP contribution is 2.24. The normalized spacial score (nSPS) is 10.9. The molecule has 2 aromatic rings. The van der Waals surface area contributed by atoms with Crippen LogP contribution < -0.4 is 5.56 Å². The summed E-state index contributed by atoms with van der Waals surface area (Å²) in [5.74, 6) is 0.808. The van der Waals surface area contributed by atoms with Gasteiger partial charge < -0.3 is 4.74 Å². The summed E-state index contributed by atoms with van der Waals surface area (Å²) in [6.45, 7) is 7.90. The summed E-state index contributed by atoms with van der Waals surface area (Å²) < 4.78 is 5.11. The maximum absolute atomic E-state index is 11.7. The lowest BCUT2D eigenvalue weighted by Gasteiger charge is -2.10. The Morgan fingerprint density at radius 1 is 1.39 bits per heavy atom. The first kappa shape index (κ1) is 12.4. The second kappa shape index (κ2) is 4.64. The molecule has 0 atom stereocenters. The van der Waals surface area contributed by atoms with E-state index in [1.54, 1.807) is 13.2 Å². The van der Waals surface area contributed by atoms with E-state index in [0.717, 1.165) is 16.6 Å². The predicted octanol–water partition coefficient (Wildman–Crippen LogP) is 2.66. The highest BCUT2D eigenvalue weighted by molar-refractivity contribution is 5.86. The monoisotopic (exact) mass is 244 g/mol. The highest BCUT2D eigenvalue weighted by Gasteiger charge is 2.11. The molecule has 0 unspecified atom stereocenters. The quantitative estimate of drug-likeness (QED) is 0.844. The highest BCUT2D eigenvalue weighted by atomic mass is 16.5. The molecular formula is C14H16N2O2. The van der Waals surface area contributed by atoms with Crippen LogP contribution in [0.15, 0.2) is 29.6 Å². The predicted molar refractivity (Wildman–Crippen MR) is 72.5 cm³/mol. The molecule has 1 heterocycles. The van der Waals surface area contributed by atoms with Gasteiger partial charge in [0, 0.05) is 10.9 Å². The summed E-state index contributed by atoms with van der Waals surface area (Å²) in [5, 5.41) is 8.14. The van der Waals surface area contributed by atoms with Crippen molar-refractivity contribution in [2.45, 2.75) is 19.8 Å². The minimum absolute atomic E-state index is 0.177. The Morgan fingerprint density at radius 2 is 2.11 bits per heavy atom. The molecule has 1 N–H and O–H groups in total. The summed E-state index contributed by atoms with van der Waals surface area (Å²) in [5.41, 5.74) is 1.55. The van der Waals surface area contributed by atoms with Crippen molar-refractivity contribution in [3.8, 4) is 0 Å². The molecular weight excluding hydrogens is 228 g/mol. The molecule has 2 rings (SSSR count). The van der Waals surface area contributed by atoms with E-state index in [4.69, 9.17) is 4.74 Å². The van der Waals surface area contributed by atoms with E-state index in [2.05, 4.69) is 16.8 Å². The third-order valence-electron chi connectivity index (χ3n) is 2.93. The van der Waals surface area contributed by atoms with Crippen molar-refractivity contribution in [2.24, 2.45) is 0 Å². The third-order valence-corrected chi connectivity index (χ3v) is 2.93. The minimum atomic E-state index is -0.177. The van der Waals surface area contributed by atoms with Crippen LogP contribution in [0, 0.1) is 0 Å². The van der Waals surface area contributed by atoms with Crippen molar-refractivity contribution in [3.05, 3.63) is 46.4 Å². The zero-order valence-electron chi connectivity index (χ0n) is 10.8. The molecule has 0 bridgehead atoms. The standard InChI is InChI=1S/C14H16N2O2/c1-8(2)13-12-7-10(9(3)18-4)5-6-11(12)14(17)16-15-13/h5-8H,3H2,1-2,4H3,(H,16,17). The molecule has 0 aliphatic rings. The summed E-state index contributed by atoms with van der Waals surface area (Å²) in [6.07, 6.45) is 0. The number of nitrogens with zero attached hydrogens (tertiary/aromatic N) is 1. The van der Waals surface area contributed by atoms with E-state index in [9.17, 15) is 4.79 Å². The van der Waals surface area contributed by atoms with E-state index < -0.39 is 0 Å². The van der Waals surface area contributed by atoms with Gasteiger partial charge in [-0.25, -0.2) is 5.10 Å². The Kier molecular flexibility index (Phi) is 3.19. The van der Waals surface area contributed by atoms with Crippen molar-refractivity contribution >= 4 is 16.5 Å². The molecule has 18 heavy (non-hydrogen) atoms. The number of fused-ring (bicyclic) bond motifs is 1. The molecule has 4 heteroatoms. The number of methoxy groups -OCH3 is 1. The topological polar surface area (TPSA) is 55.0 Å². The second-order valence-corrected chi connectivity index (χ2v) is 4.48. The Hall–Kier alpha value is -2.10. The smallest absolute Gasteiger partial charge is 0.272 e. The molecule has 0 fully saturated rings. The Labute approximate surface area is 105 Å². The number of benzene rings is 1. The Bertz CT molecular complexity index is 656. The van der Waals surface area contributed by atoms with E-state index in [0.29, 0.717) is 11.1 Å². The van der Waals surface area contributed by atoms with Crippen molar-refractivity contribution in [1.29, 1.82) is 0 Å². The van der Waals surface area contributed by atoms with Gasteiger partial charge in [-0.2, -0.15) is 5.10 Å². The fraction of sp³-hybridized carbons (Fsp3) is 0.286. The van der Waals surface area contributed by atoms with Crippen LogP contribution in [0.3, 0.4) is 0 Å². The van der Waals surface area contributed by atoms with Crippen molar-refractivity contribution in [1.82, 2.24) is 10.2 Å². The van der Waals surface area contributed by atoms with Gasteiger partial charge in [0.15, 0.2) is 0 Å². The van der Waals surface area contributed by atoms with Gasteiger partial charge in [-0.15, -0.1) is 0 Å². The number of rotatable bonds is 3. The van der Waals surface area contributed by atoms with Crippen molar-refractivity contribution in [3.63, 3.8) is 0 Å². The van der Waals surface area contributed by atoms with Crippen molar-refractivity contribution in [2.75, 3.05) is 7.11 Å². The number of hydrogen-bond donors (Lipinski definition) is 1. The number of nitrogens with one attached hydrogen (secondary N) is 1. The van der Waals surface area contributed by atoms with E-state index in [1.807, 2.05) is 26.0 Å². The fourth-order valence-corrected chi connectivity index (χ4v) is 1.92. The lowest BCUT2D eigenvalue weighted by Crippen LogP contribution is -2.12. The zero-order chi connectivity index (χ0) is 13.3. The fourth-order valence-electron chi connectivity index (χ4n) is 1.92. The number of H-pyrrole nitrogens is 1. The van der Waals surface area contributed by atoms with Crippen LogP contribution in [0.4, 0.5) is 0 Å². The number of ether oxygens (including phenoxy) is 1. The molecule has 0 aliphatic heterocycles. The van der Waals surface area contributed by atoms with Crippen LogP contribution in [0.5, 0.6) is 0 Å². The SMILES string of the molecule is C=C(OC)c1ccc2c(=O)[nH]nc(C(C)C)c2c1. The maximum Gasteiger partial charge on any atom is 0.272 e. The number of hydrogen-bond acceptors (Lipinski definition) is 3. The van der Waals surface area contributed by atoms with Gasteiger partial charge in [0.05, 0.1) is 18.2 Å². The van der Waals surface area contributed by atoms with Crippen molar-refractivity contribution < 1.29 is 4.74 Å². The third kappa shape index (κ3) is 2.01. The van der Waals surface area contributed by atoms with Gasteiger partial charge in [-0.05, 0) is 18.1 Å². The van der Waals surface area contributed by atoms with Gasteiger partial charge in [-0.3, -0.25) is 4.79 Å². The van der Waals surface area contributed by atoms with Crippen LogP contribution >= 0.6 is 0 Å². The molecule has 0 saturated carbocycles. The minimum Gasteiger partial charge on any atom is -0.497 e. The first-order valence-electron chi connectivity index (χ1n) is 5.80. The van der Waals surface area contributed by atoms with Gasteiger partial charge in [-0.1, -0.05) is 26.5 Å². The van der Waals surface area contributed by atoms with Gasteiger partial charge in [0.1, 0.15) is 5.76 Å². The molecule has 4 nitrogen and oxygen atoms in total. The van der Waals surface area contributed by atoms with E-state index in [1.165, 1.54) is 0 Å². The van der Waals surface area contributed by atoms with Crippen LogP contribution in [0.25, 0.3) is 16.5 Å². The van der Waals surface area contributed by atoms with Gasteiger partial charge in [0.2, 0.25) is 0 Å². The molecule has 94 valence electrons. The summed E-state index contributed by atoms with van der Waals surface area (Å²) in [7, 11) is 1.58. The Morgan fingerprint density at radius 3 is 2.72 bits per heavy atom. The largest absolute Gasteiger partial charge is 0.497 e. The van der Waals surface area contributed by atoms with Gasteiger partial charge in [0.25, 0.3) is 5.56 Å². The van der Waals surface area contributed by atoms with Crippen LogP contribution in [-0.2, 0) is 4.74 Å². The van der Waals surface area contributed by atoms with Crippen LogP contribution in [-0.4, -0.2) is 17.3 Å². The first-order valence-corrected chi connectivity index (χ1v) is 5.80. The van der Waals surface area contributed by atoms with Crippen LogP contribution in [0.1, 0.15) is 31.0 Å². The molecule has 0 spiro atoms. The number of aromatic nitrogens is 2. The Balaban J connectivity index is 2.77. The molecule has 1 aromatic heterocycles. The lowest BCUT2D eigenvalue weighted by molar-refractivity contribution is 0.371. The second-order valence-electron chi connectivity index (χ2n) is 4.48. The average molecular weight is 244 g/mol. The van der Waals surface area contributed by atoms with Crippen LogP contribution in [0.2, 0.25) is 0 Å². The zero-order valence-corrected chi connectivity index (χ0v) is 10.8. The molecule has 0 saturated heterocycles. The summed E-state index contributed by atoms with van der Waals surface area (Å²) in [4.78, 5) is 11.7. The average Bonchev–Trinajstić information content (AvgIpc) is 2.37. The molecule has 0 amide bonds. The summed E-state index contributed by atoms with van der Waals surface area (Å²) >= 11 is 0. The van der Waals surface area contributed by atoms with E-state index >= 15 is 0 Å². The first-order chi connectivity index (χ1) is 8.54. The summed E-state index contributed by atoms with van der Waals surface area (Å²) in [6, 6.07) is 5.51. The molecule has 0 radical (unpaired) electrons.